The molecule has 0 spiro atoms. The van der Waals surface area contributed by atoms with Crippen LogP contribution in [0, 0.1) is 6.92 Å². The second-order valence-electron chi connectivity index (χ2n) is 5.42. The number of nitrogens with zero attached hydrogens (tertiary/aromatic N) is 2. The fraction of sp³-hybridized carbons (Fsp3) is 0.533. The first-order valence-electron chi connectivity index (χ1n) is 6.71. The molecular weight excluding hydrogens is 304 g/mol. The molecule has 1 aromatic rings. The predicted octanol–water partition coefficient (Wildman–Crippen LogP) is 2.92. The van der Waals surface area contributed by atoms with Crippen LogP contribution in [0.4, 0.5) is 0 Å². The van der Waals surface area contributed by atoms with Gasteiger partial charge in [-0.2, -0.15) is 0 Å². The Balaban J connectivity index is 2.08. The molecule has 2 rings (SSSR count). The lowest BCUT2D eigenvalue weighted by atomic mass is 10.1. The molecule has 4 heteroatoms. The first kappa shape index (κ1) is 14.5. The van der Waals surface area contributed by atoms with Gasteiger partial charge in [0.05, 0.1) is 0 Å². The second-order valence-corrected chi connectivity index (χ2v) is 6.34. The van der Waals surface area contributed by atoms with E-state index in [0.717, 1.165) is 28.7 Å². The summed E-state index contributed by atoms with van der Waals surface area (Å²) in [7, 11) is 4.04. The minimum absolute atomic E-state index is 0.110. The zero-order valence-electron chi connectivity index (χ0n) is 11.8. The Morgan fingerprint density at radius 1 is 1.53 bits per heavy atom. The third-order valence-electron chi connectivity index (χ3n) is 3.93. The van der Waals surface area contributed by atoms with Gasteiger partial charge in [0.25, 0.3) is 5.91 Å². The number of hydrogen-bond donors (Lipinski definition) is 0. The number of hydrogen-bond acceptors (Lipinski definition) is 2. The minimum atomic E-state index is 0.110. The number of halogens is 1. The quantitative estimate of drug-likeness (QED) is 0.853. The molecule has 1 saturated heterocycles. The van der Waals surface area contributed by atoms with Crippen LogP contribution >= 0.6 is 15.9 Å². The maximum absolute atomic E-state index is 12.5. The average Bonchev–Trinajstić information content (AvgIpc) is 2.77. The van der Waals surface area contributed by atoms with E-state index in [0.29, 0.717) is 6.04 Å². The van der Waals surface area contributed by atoms with Crippen LogP contribution < -0.4 is 0 Å². The standard InChI is InChI=1S/C15H21BrN2O/c1-11-6-7-12(16)9-14(11)15(19)18(3)10-13-5-4-8-17(13)2/h6-7,9,13H,4-5,8,10H2,1-3H3. The zero-order valence-corrected chi connectivity index (χ0v) is 13.4. The Kier molecular flexibility index (Phi) is 4.63. The normalized spacial score (nSPS) is 19.7. The third-order valence-corrected chi connectivity index (χ3v) is 4.43. The Hall–Kier alpha value is -0.870. The SMILES string of the molecule is Cc1ccc(Br)cc1C(=O)N(C)CC1CCCN1C. The van der Waals surface area contributed by atoms with E-state index in [1.807, 2.05) is 37.1 Å². The van der Waals surface area contributed by atoms with Crippen LogP contribution in [0.1, 0.15) is 28.8 Å². The summed E-state index contributed by atoms with van der Waals surface area (Å²) in [5, 5.41) is 0. The van der Waals surface area contributed by atoms with Crippen LogP contribution in [-0.2, 0) is 0 Å². The van der Waals surface area contributed by atoms with Gasteiger partial charge in [-0.15, -0.1) is 0 Å². The number of rotatable bonds is 3. The fourth-order valence-electron chi connectivity index (χ4n) is 2.64. The number of aryl methyl sites for hydroxylation is 1. The maximum Gasteiger partial charge on any atom is 0.253 e. The van der Waals surface area contributed by atoms with Gasteiger partial charge in [0.15, 0.2) is 0 Å². The number of likely N-dealkylation sites (N-methyl/N-ethyl adjacent to an activating group) is 2. The molecule has 104 valence electrons. The minimum Gasteiger partial charge on any atom is -0.340 e. The molecule has 0 radical (unpaired) electrons. The van der Waals surface area contributed by atoms with Crippen LogP contribution in [-0.4, -0.2) is 48.9 Å². The molecule has 1 aromatic carbocycles. The Bertz CT molecular complexity index is 475. The van der Waals surface area contributed by atoms with Crippen molar-refractivity contribution >= 4 is 21.8 Å². The Morgan fingerprint density at radius 3 is 2.89 bits per heavy atom. The molecule has 1 atom stereocenters. The molecular formula is C15H21BrN2O. The number of benzene rings is 1. The summed E-state index contributed by atoms with van der Waals surface area (Å²) in [4.78, 5) is 16.7. The van der Waals surface area contributed by atoms with E-state index in [-0.39, 0.29) is 5.91 Å². The molecule has 1 unspecified atom stereocenters. The summed E-state index contributed by atoms with van der Waals surface area (Å²) in [5.41, 5.74) is 1.82. The van der Waals surface area contributed by atoms with Gasteiger partial charge in [0.1, 0.15) is 0 Å². The Morgan fingerprint density at radius 2 is 2.26 bits per heavy atom. The summed E-state index contributed by atoms with van der Waals surface area (Å²) in [6.45, 7) is 3.93. The fourth-order valence-corrected chi connectivity index (χ4v) is 3.00. The maximum atomic E-state index is 12.5. The molecule has 0 saturated carbocycles. The van der Waals surface area contributed by atoms with Gasteiger partial charge in [0.2, 0.25) is 0 Å². The molecule has 1 amide bonds. The van der Waals surface area contributed by atoms with Crippen LogP contribution in [0.5, 0.6) is 0 Å². The van der Waals surface area contributed by atoms with E-state index in [1.165, 1.54) is 12.8 Å². The van der Waals surface area contributed by atoms with E-state index in [2.05, 4.69) is 27.9 Å². The smallest absolute Gasteiger partial charge is 0.253 e. The summed E-state index contributed by atoms with van der Waals surface area (Å²) >= 11 is 3.43. The molecule has 0 N–H and O–H groups in total. The molecule has 1 fully saturated rings. The zero-order chi connectivity index (χ0) is 14.0. The lowest BCUT2D eigenvalue weighted by molar-refractivity contribution is 0.0760. The van der Waals surface area contributed by atoms with Crippen molar-refractivity contribution in [3.63, 3.8) is 0 Å². The first-order valence-corrected chi connectivity index (χ1v) is 7.50. The van der Waals surface area contributed by atoms with Crippen molar-refractivity contribution in [1.82, 2.24) is 9.80 Å². The highest BCUT2D eigenvalue weighted by Gasteiger charge is 2.24. The third kappa shape index (κ3) is 3.37. The summed E-state index contributed by atoms with van der Waals surface area (Å²) in [6, 6.07) is 6.36. The molecule has 3 nitrogen and oxygen atoms in total. The molecule has 0 aromatic heterocycles. The van der Waals surface area contributed by atoms with Crippen molar-refractivity contribution in [3.05, 3.63) is 33.8 Å². The molecule has 0 bridgehead atoms. The van der Waals surface area contributed by atoms with E-state index < -0.39 is 0 Å². The van der Waals surface area contributed by atoms with Crippen molar-refractivity contribution in [2.45, 2.75) is 25.8 Å². The van der Waals surface area contributed by atoms with Gasteiger partial charge in [-0.1, -0.05) is 22.0 Å². The lowest BCUT2D eigenvalue weighted by Crippen LogP contribution is -2.39. The number of amides is 1. The molecule has 1 heterocycles. The number of likely N-dealkylation sites (tertiary alicyclic amines) is 1. The van der Waals surface area contributed by atoms with Crippen LogP contribution in [0.15, 0.2) is 22.7 Å². The van der Waals surface area contributed by atoms with Crippen LogP contribution in [0.3, 0.4) is 0 Å². The highest BCUT2D eigenvalue weighted by atomic mass is 79.9. The van der Waals surface area contributed by atoms with Gasteiger partial charge in [0, 0.05) is 29.7 Å². The molecule has 1 aliphatic heterocycles. The second kappa shape index (κ2) is 6.06. The summed E-state index contributed by atoms with van der Waals surface area (Å²) in [6.07, 6.45) is 2.42. The molecule has 0 aliphatic carbocycles. The number of carbonyl (C=O) groups is 1. The Labute approximate surface area is 123 Å². The highest BCUT2D eigenvalue weighted by Crippen LogP contribution is 2.19. The van der Waals surface area contributed by atoms with E-state index in [9.17, 15) is 4.79 Å². The van der Waals surface area contributed by atoms with Crippen molar-refractivity contribution < 1.29 is 4.79 Å². The monoisotopic (exact) mass is 324 g/mol. The highest BCUT2D eigenvalue weighted by molar-refractivity contribution is 9.10. The van der Waals surface area contributed by atoms with Gasteiger partial charge in [-0.05, 0) is 51.1 Å². The van der Waals surface area contributed by atoms with Crippen molar-refractivity contribution in [2.24, 2.45) is 0 Å². The largest absolute Gasteiger partial charge is 0.340 e. The molecule has 1 aliphatic rings. The molecule has 19 heavy (non-hydrogen) atoms. The average molecular weight is 325 g/mol. The van der Waals surface area contributed by atoms with Crippen LogP contribution in [0.25, 0.3) is 0 Å². The predicted molar refractivity (Wildman–Crippen MR) is 81.5 cm³/mol. The van der Waals surface area contributed by atoms with Crippen molar-refractivity contribution in [2.75, 3.05) is 27.2 Å². The number of carbonyl (C=O) groups excluding carboxylic acids is 1. The summed E-state index contributed by atoms with van der Waals surface area (Å²) in [5.74, 6) is 0.110. The van der Waals surface area contributed by atoms with E-state index >= 15 is 0 Å². The van der Waals surface area contributed by atoms with E-state index in [4.69, 9.17) is 0 Å². The van der Waals surface area contributed by atoms with Crippen LogP contribution in [0.2, 0.25) is 0 Å². The van der Waals surface area contributed by atoms with Gasteiger partial charge in [-0.3, -0.25) is 4.79 Å². The van der Waals surface area contributed by atoms with Gasteiger partial charge < -0.3 is 9.80 Å². The van der Waals surface area contributed by atoms with Crippen molar-refractivity contribution in [3.8, 4) is 0 Å². The topological polar surface area (TPSA) is 23.6 Å². The first-order chi connectivity index (χ1) is 8.99. The summed E-state index contributed by atoms with van der Waals surface area (Å²) < 4.78 is 0.952. The van der Waals surface area contributed by atoms with Gasteiger partial charge in [-0.25, -0.2) is 0 Å². The van der Waals surface area contributed by atoms with Crippen molar-refractivity contribution in [1.29, 1.82) is 0 Å². The lowest BCUT2D eigenvalue weighted by Gasteiger charge is -2.26. The van der Waals surface area contributed by atoms with E-state index in [1.54, 1.807) is 0 Å². The van der Waals surface area contributed by atoms with Gasteiger partial charge >= 0.3 is 0 Å².